The standard InChI is InChI=1S/C16H18NO3/c1-15(2)11-7-9-10(14(19)6-5-13(9)18)8-12(11)16(3,4)17(15)20/h5-6H,7-8H2,1-4H3. The van der Waals surface area contributed by atoms with Crippen LogP contribution in [0.25, 0.3) is 0 Å². The highest BCUT2D eigenvalue weighted by molar-refractivity contribution is 6.20. The molecule has 3 aliphatic rings. The highest BCUT2D eigenvalue weighted by atomic mass is 16.5. The first-order chi connectivity index (χ1) is 9.17. The van der Waals surface area contributed by atoms with Gasteiger partial charge < -0.3 is 0 Å². The van der Waals surface area contributed by atoms with Crippen molar-refractivity contribution < 1.29 is 14.8 Å². The molecule has 0 bridgehead atoms. The summed E-state index contributed by atoms with van der Waals surface area (Å²) in [4.78, 5) is 24.0. The molecule has 1 heterocycles. The summed E-state index contributed by atoms with van der Waals surface area (Å²) in [6.07, 6.45) is 3.53. The van der Waals surface area contributed by atoms with Gasteiger partial charge in [-0.15, -0.1) is 10.3 Å². The lowest BCUT2D eigenvalue weighted by Crippen LogP contribution is -2.47. The Morgan fingerprint density at radius 1 is 0.850 bits per heavy atom. The van der Waals surface area contributed by atoms with Gasteiger partial charge in [-0.05, 0) is 63.8 Å². The minimum atomic E-state index is -0.623. The van der Waals surface area contributed by atoms with Crippen LogP contribution in [0.3, 0.4) is 0 Å². The molecule has 0 spiro atoms. The smallest absolute Gasteiger partial charge is 0.182 e. The Hall–Kier alpha value is -1.52. The average Bonchev–Trinajstić information content (AvgIpc) is 2.52. The van der Waals surface area contributed by atoms with Gasteiger partial charge in [0.25, 0.3) is 0 Å². The van der Waals surface area contributed by atoms with E-state index in [1.54, 1.807) is 0 Å². The van der Waals surface area contributed by atoms with E-state index in [0.29, 0.717) is 24.0 Å². The predicted octanol–water partition coefficient (Wildman–Crippen LogP) is 2.30. The summed E-state index contributed by atoms with van der Waals surface area (Å²) in [7, 11) is 0. The monoisotopic (exact) mass is 272 g/mol. The van der Waals surface area contributed by atoms with E-state index < -0.39 is 11.1 Å². The molecule has 1 aliphatic heterocycles. The molecule has 0 aromatic rings. The van der Waals surface area contributed by atoms with Crippen molar-refractivity contribution in [2.45, 2.75) is 51.6 Å². The molecule has 0 amide bonds. The van der Waals surface area contributed by atoms with Crippen molar-refractivity contribution in [2.24, 2.45) is 0 Å². The van der Waals surface area contributed by atoms with E-state index in [0.717, 1.165) is 16.2 Å². The van der Waals surface area contributed by atoms with Gasteiger partial charge in [0, 0.05) is 11.1 Å². The van der Waals surface area contributed by atoms with Gasteiger partial charge in [-0.25, -0.2) is 0 Å². The second kappa shape index (κ2) is 3.77. The summed E-state index contributed by atoms with van der Waals surface area (Å²) in [5.74, 6) is -0.187. The number of ketones is 2. The third kappa shape index (κ3) is 1.49. The van der Waals surface area contributed by atoms with E-state index in [-0.39, 0.29) is 11.6 Å². The van der Waals surface area contributed by atoms with Crippen molar-refractivity contribution in [1.29, 1.82) is 0 Å². The molecular weight excluding hydrogens is 254 g/mol. The Morgan fingerprint density at radius 3 is 1.55 bits per heavy atom. The van der Waals surface area contributed by atoms with E-state index >= 15 is 0 Å². The van der Waals surface area contributed by atoms with E-state index in [1.165, 1.54) is 12.2 Å². The van der Waals surface area contributed by atoms with Crippen LogP contribution >= 0.6 is 0 Å². The van der Waals surface area contributed by atoms with Gasteiger partial charge in [0.1, 0.15) is 0 Å². The summed E-state index contributed by atoms with van der Waals surface area (Å²) in [5, 5.41) is 13.7. The quantitative estimate of drug-likeness (QED) is 0.502. The Balaban J connectivity index is 2.11. The Bertz CT molecular complexity index is 580. The van der Waals surface area contributed by atoms with Crippen LogP contribution < -0.4 is 0 Å². The lowest BCUT2D eigenvalue weighted by molar-refractivity contribution is -0.240. The normalized spacial score (nSPS) is 28.1. The van der Waals surface area contributed by atoms with E-state index in [2.05, 4.69) is 0 Å². The van der Waals surface area contributed by atoms with Crippen LogP contribution in [-0.2, 0) is 14.8 Å². The molecule has 0 aromatic carbocycles. The molecule has 20 heavy (non-hydrogen) atoms. The summed E-state index contributed by atoms with van der Waals surface area (Å²) in [6.45, 7) is 7.56. The van der Waals surface area contributed by atoms with Crippen molar-refractivity contribution >= 4 is 11.6 Å². The molecule has 2 aliphatic carbocycles. The lowest BCUT2D eigenvalue weighted by Gasteiger charge is -2.34. The van der Waals surface area contributed by atoms with Crippen molar-refractivity contribution in [3.63, 3.8) is 0 Å². The zero-order chi connectivity index (χ0) is 14.9. The third-order valence-electron chi connectivity index (χ3n) is 4.91. The molecule has 4 heteroatoms. The van der Waals surface area contributed by atoms with Gasteiger partial charge in [0.15, 0.2) is 11.6 Å². The van der Waals surface area contributed by atoms with Gasteiger partial charge in [-0.3, -0.25) is 9.59 Å². The molecular formula is C16H18NO3. The maximum atomic E-state index is 12.6. The van der Waals surface area contributed by atoms with Gasteiger partial charge in [0.2, 0.25) is 0 Å². The molecule has 105 valence electrons. The highest BCUT2D eigenvalue weighted by Crippen LogP contribution is 2.51. The number of carbonyl (C=O) groups is 2. The third-order valence-corrected chi connectivity index (χ3v) is 4.91. The zero-order valence-corrected chi connectivity index (χ0v) is 12.2. The van der Waals surface area contributed by atoms with Gasteiger partial charge >= 0.3 is 0 Å². The Labute approximate surface area is 118 Å². The first-order valence-electron chi connectivity index (χ1n) is 6.86. The van der Waals surface area contributed by atoms with Gasteiger partial charge in [0.05, 0.1) is 11.1 Å². The van der Waals surface area contributed by atoms with Gasteiger partial charge in [-0.1, -0.05) is 0 Å². The largest absolute Gasteiger partial charge is 0.290 e. The number of rotatable bonds is 0. The van der Waals surface area contributed by atoms with Crippen LogP contribution in [0.15, 0.2) is 34.4 Å². The fourth-order valence-electron chi connectivity index (χ4n) is 3.72. The van der Waals surface area contributed by atoms with Crippen LogP contribution in [0.2, 0.25) is 0 Å². The summed E-state index contributed by atoms with van der Waals surface area (Å²) < 4.78 is 0. The fraction of sp³-hybridized carbons (Fsp3) is 0.500. The Morgan fingerprint density at radius 2 is 1.20 bits per heavy atom. The number of nitrogens with zero attached hydrogens (tertiary/aromatic N) is 1. The summed E-state index contributed by atoms with van der Waals surface area (Å²) in [6, 6.07) is 0. The SMILES string of the molecule is CC1(C)C2=C(CC3=C(C2)C(=O)C=CC3=O)C(C)(C)N1[O]. The average molecular weight is 272 g/mol. The number of hydrogen-bond acceptors (Lipinski definition) is 3. The van der Waals surface area contributed by atoms with Gasteiger partial charge in [-0.2, -0.15) is 0 Å². The first kappa shape index (κ1) is 13.5. The van der Waals surface area contributed by atoms with E-state index in [1.807, 2.05) is 27.7 Å². The van der Waals surface area contributed by atoms with E-state index in [4.69, 9.17) is 0 Å². The maximum Gasteiger partial charge on any atom is 0.182 e. The minimum absolute atomic E-state index is 0.0934. The predicted molar refractivity (Wildman–Crippen MR) is 73.1 cm³/mol. The number of carbonyl (C=O) groups excluding carboxylic acids is 2. The second-order valence-electron chi connectivity index (χ2n) is 6.74. The van der Waals surface area contributed by atoms with Crippen molar-refractivity contribution in [3.05, 3.63) is 34.4 Å². The number of hydroxylamine groups is 2. The first-order valence-corrected chi connectivity index (χ1v) is 6.86. The fourth-order valence-corrected chi connectivity index (χ4v) is 3.72. The number of allylic oxidation sites excluding steroid dienone is 4. The topological polar surface area (TPSA) is 57.3 Å². The molecule has 0 unspecified atom stereocenters. The summed E-state index contributed by atoms with van der Waals surface area (Å²) >= 11 is 0. The molecule has 4 nitrogen and oxygen atoms in total. The molecule has 0 N–H and O–H groups in total. The second-order valence-corrected chi connectivity index (χ2v) is 6.74. The van der Waals surface area contributed by atoms with Crippen LogP contribution in [0, 0.1) is 0 Å². The van der Waals surface area contributed by atoms with Crippen molar-refractivity contribution in [1.82, 2.24) is 5.06 Å². The molecule has 0 fully saturated rings. The maximum absolute atomic E-state index is 12.6. The molecule has 0 aromatic heterocycles. The van der Waals surface area contributed by atoms with Crippen LogP contribution in [-0.4, -0.2) is 27.7 Å². The molecule has 1 radical (unpaired) electrons. The highest BCUT2D eigenvalue weighted by Gasteiger charge is 2.53. The lowest BCUT2D eigenvalue weighted by atomic mass is 9.74. The van der Waals surface area contributed by atoms with Crippen LogP contribution in [0.1, 0.15) is 40.5 Å². The van der Waals surface area contributed by atoms with Crippen LogP contribution in [0.4, 0.5) is 0 Å². The number of hydrogen-bond donors (Lipinski definition) is 0. The zero-order valence-electron chi connectivity index (χ0n) is 12.2. The van der Waals surface area contributed by atoms with Crippen molar-refractivity contribution in [2.75, 3.05) is 0 Å². The van der Waals surface area contributed by atoms with E-state index in [9.17, 15) is 14.8 Å². The van der Waals surface area contributed by atoms with Crippen molar-refractivity contribution in [3.8, 4) is 0 Å². The minimum Gasteiger partial charge on any atom is -0.290 e. The molecule has 0 saturated carbocycles. The molecule has 0 saturated heterocycles. The molecule has 0 atom stereocenters. The molecule has 3 rings (SSSR count). The summed E-state index contributed by atoms with van der Waals surface area (Å²) in [5.41, 5.74) is 1.93. The Kier molecular flexibility index (Phi) is 2.54. The van der Waals surface area contributed by atoms with Crippen LogP contribution in [0.5, 0.6) is 0 Å².